The van der Waals surface area contributed by atoms with Gasteiger partial charge < -0.3 is 15.5 Å². The number of hydrogen-bond acceptors (Lipinski definition) is 5. The van der Waals surface area contributed by atoms with Crippen molar-refractivity contribution in [2.45, 2.75) is 0 Å². The maximum atomic E-state index is 12.4. The Morgan fingerprint density at radius 3 is 2.30 bits per heavy atom. The number of amides is 2. The summed E-state index contributed by atoms with van der Waals surface area (Å²) in [5.41, 5.74) is 2.70. The molecule has 27 heavy (non-hydrogen) atoms. The van der Waals surface area contributed by atoms with Crippen LogP contribution in [-0.2, 0) is 4.79 Å². The highest BCUT2D eigenvalue weighted by molar-refractivity contribution is 14.1. The largest absolute Gasteiger partial charge is 0.378 e. The number of carbonyl (C=O) groups is 2. The maximum Gasteiger partial charge on any atom is 0.253 e. The third-order valence-electron chi connectivity index (χ3n) is 3.64. The lowest BCUT2D eigenvalue weighted by molar-refractivity contribution is -0.118. The Morgan fingerprint density at radius 1 is 0.963 bits per heavy atom. The summed E-state index contributed by atoms with van der Waals surface area (Å²) in [5, 5.41) is 13.9. The normalized spacial score (nSPS) is 10.6. The molecule has 8 heteroatoms. The molecule has 2 N–H and O–H groups in total. The van der Waals surface area contributed by atoms with Crippen LogP contribution in [-0.4, -0.2) is 43.4 Å². The first-order valence-electron chi connectivity index (χ1n) is 8.40. The van der Waals surface area contributed by atoms with Gasteiger partial charge in [-0.15, -0.1) is 5.11 Å². The molecule has 0 aromatic heterocycles. The number of nitrogens with zero attached hydrogens (tertiary/aromatic N) is 3. The molecule has 0 aliphatic carbocycles. The van der Waals surface area contributed by atoms with Gasteiger partial charge >= 0.3 is 0 Å². The molecule has 0 unspecified atom stereocenters. The van der Waals surface area contributed by atoms with Crippen molar-refractivity contribution >= 4 is 51.5 Å². The molecule has 2 aromatic carbocycles. The number of alkyl halides is 1. The monoisotopic (exact) mass is 479 g/mol. The van der Waals surface area contributed by atoms with Crippen LogP contribution < -0.4 is 15.5 Å². The van der Waals surface area contributed by atoms with E-state index in [2.05, 4.69) is 20.9 Å². The van der Waals surface area contributed by atoms with Crippen LogP contribution in [0, 0.1) is 0 Å². The lowest BCUT2D eigenvalue weighted by Crippen LogP contribution is -2.35. The number of rotatable bonds is 8. The van der Waals surface area contributed by atoms with E-state index < -0.39 is 0 Å². The molecule has 2 aromatic rings. The van der Waals surface area contributed by atoms with Gasteiger partial charge in [-0.2, -0.15) is 5.11 Å². The molecule has 0 fully saturated rings. The SMILES string of the molecule is CN(C)c1ccc(/N=N/c2ccccc2C(=O)NCCNC(=O)CI)cc1. The van der Waals surface area contributed by atoms with E-state index in [4.69, 9.17) is 0 Å². The number of hydrogen-bond donors (Lipinski definition) is 2. The minimum atomic E-state index is -0.253. The summed E-state index contributed by atoms with van der Waals surface area (Å²) in [6.07, 6.45) is 0. The highest BCUT2D eigenvalue weighted by atomic mass is 127. The first-order chi connectivity index (χ1) is 13.0. The van der Waals surface area contributed by atoms with E-state index in [0.29, 0.717) is 34.5 Å². The first kappa shape index (κ1) is 20.8. The third-order valence-corrected chi connectivity index (χ3v) is 4.33. The molecule has 0 atom stereocenters. The Hall–Kier alpha value is -2.49. The predicted molar refractivity (Wildman–Crippen MR) is 116 cm³/mol. The Bertz CT molecular complexity index is 806. The van der Waals surface area contributed by atoms with Crippen LogP contribution in [0.2, 0.25) is 0 Å². The van der Waals surface area contributed by atoms with Gasteiger partial charge in [-0.1, -0.05) is 34.7 Å². The number of nitrogens with one attached hydrogen (secondary N) is 2. The summed E-state index contributed by atoms with van der Waals surface area (Å²) < 4.78 is 0.393. The molecule has 0 saturated carbocycles. The lowest BCUT2D eigenvalue weighted by atomic mass is 10.1. The fourth-order valence-corrected chi connectivity index (χ4v) is 2.47. The number of carbonyl (C=O) groups excluding carboxylic acids is 2. The molecule has 0 saturated heterocycles. The lowest BCUT2D eigenvalue weighted by Gasteiger charge is -2.11. The van der Waals surface area contributed by atoms with Crippen LogP contribution in [0.4, 0.5) is 17.1 Å². The van der Waals surface area contributed by atoms with Crippen molar-refractivity contribution < 1.29 is 9.59 Å². The molecule has 2 amide bonds. The van der Waals surface area contributed by atoms with Gasteiger partial charge in [0.15, 0.2) is 0 Å². The number of anilines is 1. The summed E-state index contributed by atoms with van der Waals surface area (Å²) >= 11 is 1.99. The number of azo groups is 1. The summed E-state index contributed by atoms with van der Waals surface area (Å²) in [5.74, 6) is -0.310. The maximum absolute atomic E-state index is 12.4. The summed E-state index contributed by atoms with van der Waals surface area (Å²) in [4.78, 5) is 25.6. The average molecular weight is 479 g/mol. The smallest absolute Gasteiger partial charge is 0.253 e. The Labute approximate surface area is 172 Å². The van der Waals surface area contributed by atoms with Gasteiger partial charge in [-0.3, -0.25) is 9.59 Å². The fraction of sp³-hybridized carbons (Fsp3) is 0.263. The van der Waals surface area contributed by atoms with Gasteiger partial charge in [0.1, 0.15) is 0 Å². The third kappa shape index (κ3) is 6.63. The highest BCUT2D eigenvalue weighted by Gasteiger charge is 2.10. The number of benzene rings is 2. The van der Waals surface area contributed by atoms with E-state index in [1.165, 1.54) is 0 Å². The van der Waals surface area contributed by atoms with Gasteiger partial charge in [0.25, 0.3) is 5.91 Å². The quantitative estimate of drug-likeness (QED) is 0.263. The van der Waals surface area contributed by atoms with E-state index in [1.807, 2.05) is 65.9 Å². The second-order valence-corrected chi connectivity index (χ2v) is 6.63. The molecule has 0 spiro atoms. The van der Waals surface area contributed by atoms with Crippen molar-refractivity contribution in [2.75, 3.05) is 36.5 Å². The second kappa shape index (κ2) is 10.6. The fourth-order valence-electron chi connectivity index (χ4n) is 2.20. The number of halogens is 1. The van der Waals surface area contributed by atoms with Crippen LogP contribution in [0.3, 0.4) is 0 Å². The minimum Gasteiger partial charge on any atom is -0.378 e. The van der Waals surface area contributed by atoms with Gasteiger partial charge in [-0.25, -0.2) is 0 Å². The molecule has 0 radical (unpaired) electrons. The van der Waals surface area contributed by atoms with Crippen molar-refractivity contribution in [2.24, 2.45) is 10.2 Å². The van der Waals surface area contributed by atoms with E-state index in [1.54, 1.807) is 24.3 Å². The molecule has 7 nitrogen and oxygen atoms in total. The van der Waals surface area contributed by atoms with Crippen LogP contribution in [0.25, 0.3) is 0 Å². The summed E-state index contributed by atoms with van der Waals surface area (Å²) in [6.45, 7) is 0.730. The topological polar surface area (TPSA) is 86.2 Å². The standard InChI is InChI=1S/C19H22IN5O2/c1-25(2)15-9-7-14(8-10-15)23-24-17-6-4-3-5-16(17)19(27)22-12-11-21-18(26)13-20/h3-10H,11-13H2,1-2H3,(H,21,26)(H,22,27)/b24-23+. The van der Waals surface area contributed by atoms with E-state index in [0.717, 1.165) is 5.69 Å². The molecule has 0 aliphatic heterocycles. The van der Waals surface area contributed by atoms with Gasteiger partial charge in [0.05, 0.1) is 21.4 Å². The van der Waals surface area contributed by atoms with Crippen LogP contribution in [0.15, 0.2) is 58.8 Å². The molecular formula is C19H22IN5O2. The predicted octanol–water partition coefficient (Wildman–Crippen LogP) is 3.45. The Kier molecular flexibility index (Phi) is 8.18. The summed E-state index contributed by atoms with van der Waals surface area (Å²) in [7, 11) is 3.94. The summed E-state index contributed by atoms with van der Waals surface area (Å²) in [6, 6.07) is 14.7. The van der Waals surface area contributed by atoms with E-state index >= 15 is 0 Å². The van der Waals surface area contributed by atoms with Crippen LogP contribution in [0.1, 0.15) is 10.4 Å². The van der Waals surface area contributed by atoms with Gasteiger partial charge in [0, 0.05) is 32.9 Å². The minimum absolute atomic E-state index is 0.0562. The zero-order chi connectivity index (χ0) is 19.6. The van der Waals surface area contributed by atoms with E-state index in [-0.39, 0.29) is 11.8 Å². The molecular weight excluding hydrogens is 457 g/mol. The zero-order valence-corrected chi connectivity index (χ0v) is 17.4. The second-order valence-electron chi connectivity index (χ2n) is 5.87. The van der Waals surface area contributed by atoms with E-state index in [9.17, 15) is 9.59 Å². The van der Waals surface area contributed by atoms with Crippen molar-refractivity contribution in [1.29, 1.82) is 0 Å². The molecule has 0 bridgehead atoms. The molecule has 0 heterocycles. The average Bonchev–Trinajstić information content (AvgIpc) is 2.69. The van der Waals surface area contributed by atoms with Gasteiger partial charge in [-0.05, 0) is 36.4 Å². The highest BCUT2D eigenvalue weighted by Crippen LogP contribution is 2.23. The zero-order valence-electron chi connectivity index (χ0n) is 15.3. The van der Waals surface area contributed by atoms with Gasteiger partial charge in [0.2, 0.25) is 5.91 Å². The van der Waals surface area contributed by atoms with Crippen LogP contribution >= 0.6 is 22.6 Å². The van der Waals surface area contributed by atoms with Crippen molar-refractivity contribution in [3.8, 4) is 0 Å². The van der Waals surface area contributed by atoms with Crippen molar-refractivity contribution in [3.63, 3.8) is 0 Å². The van der Waals surface area contributed by atoms with Crippen LogP contribution in [0.5, 0.6) is 0 Å². The Morgan fingerprint density at radius 2 is 1.63 bits per heavy atom. The first-order valence-corrected chi connectivity index (χ1v) is 9.93. The van der Waals surface area contributed by atoms with Crippen molar-refractivity contribution in [3.05, 3.63) is 54.1 Å². The molecule has 0 aliphatic rings. The van der Waals surface area contributed by atoms with Crippen molar-refractivity contribution in [1.82, 2.24) is 10.6 Å². The Balaban J connectivity index is 2.01. The molecule has 2 rings (SSSR count). The molecule has 142 valence electrons.